The highest BCUT2D eigenvalue weighted by Gasteiger charge is 2.44. The quantitative estimate of drug-likeness (QED) is 0.458. The number of halogens is 3. The van der Waals surface area contributed by atoms with E-state index >= 15 is 0 Å². The number of carbonyl (C=O) groups is 1. The molecular formula is C12H18F3N5O3. The van der Waals surface area contributed by atoms with Crippen LogP contribution in [0.25, 0.3) is 0 Å². The highest BCUT2D eigenvalue weighted by atomic mass is 19.4. The van der Waals surface area contributed by atoms with Crippen LogP contribution in [0.5, 0.6) is 0 Å². The van der Waals surface area contributed by atoms with Crippen LogP contribution in [0.1, 0.15) is 17.8 Å². The zero-order chi connectivity index (χ0) is 17.8. The molecule has 1 N–H and O–H groups in total. The average Bonchev–Trinajstić information content (AvgIpc) is 2.72. The largest absolute Gasteiger partial charge is 0.442 e. The predicted octanol–water partition coefficient (Wildman–Crippen LogP) is 1.19. The Morgan fingerprint density at radius 1 is 1.43 bits per heavy atom. The highest BCUT2D eigenvalue weighted by Crippen LogP contribution is 2.36. The van der Waals surface area contributed by atoms with Gasteiger partial charge < -0.3 is 10.2 Å². The summed E-state index contributed by atoms with van der Waals surface area (Å²) in [7, 11) is 3.74. The van der Waals surface area contributed by atoms with Crippen LogP contribution in [0.4, 0.5) is 18.9 Å². The van der Waals surface area contributed by atoms with Gasteiger partial charge in [-0.05, 0) is 34.0 Å². The standard InChI is InChI=1S/C12H18F3N5O3/c1-8-10(20(22)23)11(12(13,14)15)17-19(8)7-9(21)16-5-4-6-18(2)3/h4-7H2,1-3H3,(H,16,21). The molecule has 1 rings (SSSR count). The first kappa shape index (κ1) is 18.9. The first-order valence-electron chi connectivity index (χ1n) is 6.74. The number of aromatic nitrogens is 2. The number of nitrogens with one attached hydrogen (secondary N) is 1. The first-order chi connectivity index (χ1) is 10.5. The van der Waals surface area contributed by atoms with E-state index in [0.29, 0.717) is 17.6 Å². The van der Waals surface area contributed by atoms with E-state index in [2.05, 4.69) is 10.4 Å². The van der Waals surface area contributed by atoms with Gasteiger partial charge in [-0.2, -0.15) is 18.3 Å². The zero-order valence-corrected chi connectivity index (χ0v) is 13.0. The van der Waals surface area contributed by atoms with Crippen molar-refractivity contribution in [2.45, 2.75) is 26.1 Å². The van der Waals surface area contributed by atoms with Crippen molar-refractivity contribution in [1.29, 1.82) is 0 Å². The third-order valence-electron chi connectivity index (χ3n) is 3.02. The topological polar surface area (TPSA) is 93.3 Å². The fourth-order valence-corrected chi connectivity index (χ4v) is 1.92. The van der Waals surface area contributed by atoms with E-state index in [1.165, 1.54) is 0 Å². The van der Waals surface area contributed by atoms with Gasteiger partial charge in [-0.3, -0.25) is 19.6 Å². The summed E-state index contributed by atoms with van der Waals surface area (Å²) in [5.74, 6) is -0.557. The Kier molecular flexibility index (Phi) is 6.07. The summed E-state index contributed by atoms with van der Waals surface area (Å²) in [6.07, 6.45) is -4.29. The van der Waals surface area contributed by atoms with Gasteiger partial charge in [0, 0.05) is 6.54 Å². The molecule has 0 aliphatic carbocycles. The van der Waals surface area contributed by atoms with Gasteiger partial charge in [-0.1, -0.05) is 0 Å². The van der Waals surface area contributed by atoms with Gasteiger partial charge in [-0.15, -0.1) is 0 Å². The molecule has 130 valence electrons. The van der Waals surface area contributed by atoms with Gasteiger partial charge >= 0.3 is 11.9 Å². The van der Waals surface area contributed by atoms with Crippen molar-refractivity contribution in [2.75, 3.05) is 27.2 Å². The van der Waals surface area contributed by atoms with Crippen molar-refractivity contribution in [1.82, 2.24) is 20.0 Å². The smallest absolute Gasteiger partial charge is 0.354 e. The van der Waals surface area contributed by atoms with E-state index in [1.807, 2.05) is 19.0 Å². The number of hydrogen-bond donors (Lipinski definition) is 1. The molecule has 0 aliphatic rings. The number of rotatable bonds is 7. The molecule has 0 saturated carbocycles. The molecule has 0 saturated heterocycles. The van der Waals surface area contributed by atoms with Crippen molar-refractivity contribution in [3.63, 3.8) is 0 Å². The second kappa shape index (κ2) is 7.40. The Morgan fingerprint density at radius 3 is 2.48 bits per heavy atom. The fraction of sp³-hybridized carbons (Fsp3) is 0.667. The second-order valence-corrected chi connectivity index (χ2v) is 5.20. The molecule has 0 aliphatic heterocycles. The molecule has 0 bridgehead atoms. The maximum Gasteiger partial charge on any atom is 0.442 e. The number of nitro groups is 1. The maximum atomic E-state index is 12.8. The molecule has 8 nitrogen and oxygen atoms in total. The van der Waals surface area contributed by atoms with Gasteiger partial charge in [0.2, 0.25) is 11.6 Å². The van der Waals surface area contributed by atoms with Crippen LogP contribution in [0, 0.1) is 17.0 Å². The highest BCUT2D eigenvalue weighted by molar-refractivity contribution is 5.75. The molecule has 0 fully saturated rings. The van der Waals surface area contributed by atoms with Gasteiger partial charge in [0.05, 0.1) is 4.92 Å². The summed E-state index contributed by atoms with van der Waals surface area (Å²) in [5, 5.41) is 16.5. The second-order valence-electron chi connectivity index (χ2n) is 5.20. The molecule has 1 amide bonds. The van der Waals surface area contributed by atoms with Crippen LogP contribution >= 0.6 is 0 Å². The summed E-state index contributed by atoms with van der Waals surface area (Å²) in [6, 6.07) is 0. The molecule has 0 spiro atoms. The van der Waals surface area contributed by atoms with Gasteiger partial charge in [-0.25, -0.2) is 0 Å². The van der Waals surface area contributed by atoms with Crippen molar-refractivity contribution in [3.8, 4) is 0 Å². The molecule has 23 heavy (non-hydrogen) atoms. The van der Waals surface area contributed by atoms with E-state index in [4.69, 9.17) is 0 Å². The van der Waals surface area contributed by atoms with Crippen LogP contribution in [0.2, 0.25) is 0 Å². The van der Waals surface area contributed by atoms with Crippen LogP contribution in [0.3, 0.4) is 0 Å². The van der Waals surface area contributed by atoms with Crippen LogP contribution in [0.15, 0.2) is 0 Å². The van der Waals surface area contributed by atoms with Gasteiger partial charge in [0.1, 0.15) is 12.2 Å². The van der Waals surface area contributed by atoms with E-state index in [9.17, 15) is 28.1 Å². The Morgan fingerprint density at radius 2 is 2.04 bits per heavy atom. The molecular weight excluding hydrogens is 319 g/mol. The number of carbonyl (C=O) groups excluding carboxylic acids is 1. The van der Waals surface area contributed by atoms with Crippen LogP contribution in [-0.2, 0) is 17.5 Å². The summed E-state index contributed by atoms with van der Waals surface area (Å²) in [6.45, 7) is 1.71. The summed E-state index contributed by atoms with van der Waals surface area (Å²) in [4.78, 5) is 23.3. The van der Waals surface area contributed by atoms with Crippen LogP contribution in [-0.4, -0.2) is 52.7 Å². The van der Waals surface area contributed by atoms with Crippen molar-refractivity contribution >= 4 is 11.6 Å². The molecule has 1 aromatic rings. The molecule has 0 aromatic carbocycles. The minimum atomic E-state index is -4.96. The number of hydrogen-bond acceptors (Lipinski definition) is 5. The summed E-state index contributed by atoms with van der Waals surface area (Å²) < 4.78 is 39.0. The lowest BCUT2D eigenvalue weighted by Gasteiger charge is -2.10. The zero-order valence-electron chi connectivity index (χ0n) is 13.0. The fourth-order valence-electron chi connectivity index (χ4n) is 1.92. The number of nitrogens with zero attached hydrogens (tertiary/aromatic N) is 4. The van der Waals surface area contributed by atoms with E-state index in [1.54, 1.807) is 0 Å². The Labute approximate surface area is 130 Å². The lowest BCUT2D eigenvalue weighted by molar-refractivity contribution is -0.388. The molecule has 1 heterocycles. The van der Waals surface area contributed by atoms with Gasteiger partial charge in [0.25, 0.3) is 0 Å². The lowest BCUT2D eigenvalue weighted by atomic mass is 10.3. The van der Waals surface area contributed by atoms with E-state index in [-0.39, 0.29) is 5.69 Å². The van der Waals surface area contributed by atoms with Gasteiger partial charge in [0.15, 0.2) is 0 Å². The number of amides is 1. The molecule has 0 unspecified atom stereocenters. The molecule has 0 radical (unpaired) electrons. The van der Waals surface area contributed by atoms with Crippen molar-refractivity contribution in [2.24, 2.45) is 0 Å². The third kappa shape index (κ3) is 5.20. The Hall–Kier alpha value is -2.17. The predicted molar refractivity (Wildman–Crippen MR) is 74.8 cm³/mol. The third-order valence-corrected chi connectivity index (χ3v) is 3.02. The minimum Gasteiger partial charge on any atom is -0.354 e. The normalized spacial score (nSPS) is 11.8. The maximum absolute atomic E-state index is 12.8. The van der Waals surface area contributed by atoms with Crippen molar-refractivity contribution < 1.29 is 22.9 Å². The van der Waals surface area contributed by atoms with Crippen LogP contribution < -0.4 is 5.32 Å². The average molecular weight is 337 g/mol. The first-order valence-corrected chi connectivity index (χ1v) is 6.74. The van der Waals surface area contributed by atoms with E-state index in [0.717, 1.165) is 13.5 Å². The Bertz CT molecular complexity index is 583. The number of alkyl halides is 3. The Balaban J connectivity index is 2.81. The molecule has 1 aromatic heterocycles. The van der Waals surface area contributed by atoms with E-state index < -0.39 is 34.9 Å². The van der Waals surface area contributed by atoms with Crippen molar-refractivity contribution in [3.05, 3.63) is 21.5 Å². The monoisotopic (exact) mass is 337 g/mol. The molecule has 0 atom stereocenters. The molecule has 11 heteroatoms. The summed E-state index contributed by atoms with van der Waals surface area (Å²) >= 11 is 0. The minimum absolute atomic E-state index is 0.314. The SMILES string of the molecule is Cc1c([N+](=O)[O-])c(C(F)(F)F)nn1CC(=O)NCCCN(C)C. The lowest BCUT2D eigenvalue weighted by Crippen LogP contribution is -2.30. The summed E-state index contributed by atoms with van der Waals surface area (Å²) in [5.41, 5.74) is -3.04.